The number of aliphatic carboxylic acids is 1. The fourth-order valence-corrected chi connectivity index (χ4v) is 3.01. The van der Waals surface area contributed by atoms with Gasteiger partial charge < -0.3 is 10.0 Å². The topological polar surface area (TPSA) is 101 Å². The lowest BCUT2D eigenvalue weighted by Crippen LogP contribution is -2.45. The van der Waals surface area contributed by atoms with Crippen LogP contribution in [0.25, 0.3) is 0 Å². The quantitative estimate of drug-likeness (QED) is 0.641. The molecule has 0 saturated carbocycles. The Kier molecular flexibility index (Phi) is 5.31. The van der Waals surface area contributed by atoms with Crippen LogP contribution in [0.2, 0.25) is 0 Å². The molecular weight excluding hydrogens is 300 g/mol. The average Bonchev–Trinajstić information content (AvgIpc) is 2.53. The number of nitrogens with zero attached hydrogens (tertiary/aromatic N) is 2. The summed E-state index contributed by atoms with van der Waals surface area (Å²) in [5.41, 5.74) is 0.579. The number of nitro benzene ring substituents is 1. The Bertz CT molecular complexity index is 599. The SMILES string of the molecule is CCCCN1C(=O)CC[C@@H](C(=O)O)[C@@H]1c1ccc([N+](=O)[O-])cc1. The van der Waals surface area contributed by atoms with Crippen LogP contribution in [0.3, 0.4) is 0 Å². The molecule has 1 aromatic rings. The molecule has 1 heterocycles. The molecule has 1 saturated heterocycles. The number of nitro groups is 1. The fourth-order valence-electron chi connectivity index (χ4n) is 3.01. The van der Waals surface area contributed by atoms with E-state index in [-0.39, 0.29) is 18.0 Å². The van der Waals surface area contributed by atoms with E-state index in [0.29, 0.717) is 18.5 Å². The lowest BCUT2D eigenvalue weighted by Gasteiger charge is -2.39. The number of unbranched alkanes of at least 4 members (excludes halogenated alkanes) is 1. The molecule has 1 aliphatic heterocycles. The standard InChI is InChI=1S/C16H20N2O5/c1-2-3-10-17-14(19)9-8-13(16(20)21)15(17)11-4-6-12(7-5-11)18(22)23/h4-7,13,15H,2-3,8-10H2,1H3,(H,20,21)/t13-,15+/m1/s1. The molecular formula is C16H20N2O5. The number of hydrogen-bond donors (Lipinski definition) is 1. The molecule has 1 fully saturated rings. The normalized spacial score (nSPS) is 21.3. The van der Waals surface area contributed by atoms with Crippen molar-refractivity contribution in [1.29, 1.82) is 0 Å². The van der Waals surface area contributed by atoms with E-state index in [1.54, 1.807) is 17.0 Å². The second kappa shape index (κ2) is 7.21. The monoisotopic (exact) mass is 320 g/mol. The summed E-state index contributed by atoms with van der Waals surface area (Å²) in [6, 6.07) is 5.24. The van der Waals surface area contributed by atoms with Gasteiger partial charge in [-0.05, 0) is 18.4 Å². The van der Waals surface area contributed by atoms with E-state index < -0.39 is 22.9 Å². The van der Waals surface area contributed by atoms with Gasteiger partial charge in [0.2, 0.25) is 5.91 Å². The van der Waals surface area contributed by atoms with Crippen molar-refractivity contribution < 1.29 is 19.6 Å². The van der Waals surface area contributed by atoms with Crippen LogP contribution in [0.5, 0.6) is 0 Å². The Morgan fingerprint density at radius 3 is 2.57 bits per heavy atom. The second-order valence-corrected chi connectivity index (χ2v) is 5.72. The van der Waals surface area contributed by atoms with Gasteiger partial charge in [-0.3, -0.25) is 19.7 Å². The summed E-state index contributed by atoms with van der Waals surface area (Å²) >= 11 is 0. The third-order valence-corrected chi connectivity index (χ3v) is 4.22. The molecule has 0 aromatic heterocycles. The number of likely N-dealkylation sites (tertiary alicyclic amines) is 1. The summed E-state index contributed by atoms with van der Waals surface area (Å²) in [4.78, 5) is 35.7. The second-order valence-electron chi connectivity index (χ2n) is 5.72. The zero-order valence-electron chi connectivity index (χ0n) is 13.0. The fraction of sp³-hybridized carbons (Fsp3) is 0.500. The van der Waals surface area contributed by atoms with Crippen LogP contribution in [-0.4, -0.2) is 33.4 Å². The first-order valence-electron chi connectivity index (χ1n) is 7.72. The van der Waals surface area contributed by atoms with E-state index >= 15 is 0 Å². The molecule has 2 atom stereocenters. The van der Waals surface area contributed by atoms with E-state index in [2.05, 4.69) is 0 Å². The maximum absolute atomic E-state index is 12.3. The molecule has 0 aliphatic carbocycles. The highest BCUT2D eigenvalue weighted by Crippen LogP contribution is 2.37. The Hall–Kier alpha value is -2.44. The zero-order chi connectivity index (χ0) is 17.0. The number of amides is 1. The van der Waals surface area contributed by atoms with Gasteiger partial charge in [0.15, 0.2) is 0 Å². The summed E-state index contributed by atoms with van der Waals surface area (Å²) in [6.45, 7) is 2.50. The van der Waals surface area contributed by atoms with Gasteiger partial charge in [-0.15, -0.1) is 0 Å². The largest absolute Gasteiger partial charge is 0.481 e. The van der Waals surface area contributed by atoms with Crippen molar-refractivity contribution in [3.63, 3.8) is 0 Å². The number of non-ortho nitro benzene ring substituents is 1. The number of carbonyl (C=O) groups is 2. The Balaban J connectivity index is 2.37. The van der Waals surface area contributed by atoms with Gasteiger partial charge in [0.05, 0.1) is 16.9 Å². The summed E-state index contributed by atoms with van der Waals surface area (Å²) in [6.07, 6.45) is 2.21. The van der Waals surface area contributed by atoms with E-state index in [1.807, 2.05) is 6.92 Å². The van der Waals surface area contributed by atoms with E-state index in [1.165, 1.54) is 12.1 Å². The number of carboxylic acids is 1. The number of hydrogen-bond acceptors (Lipinski definition) is 4. The van der Waals surface area contributed by atoms with Gasteiger partial charge in [0.1, 0.15) is 0 Å². The highest BCUT2D eigenvalue weighted by molar-refractivity contribution is 5.81. The molecule has 7 nitrogen and oxygen atoms in total. The first kappa shape index (κ1) is 16.9. The van der Waals surface area contributed by atoms with Crippen LogP contribution < -0.4 is 0 Å². The lowest BCUT2D eigenvalue weighted by atomic mass is 9.84. The zero-order valence-corrected chi connectivity index (χ0v) is 13.0. The summed E-state index contributed by atoms with van der Waals surface area (Å²) < 4.78 is 0. The minimum atomic E-state index is -0.942. The van der Waals surface area contributed by atoms with Crippen molar-refractivity contribution in [2.45, 2.75) is 38.6 Å². The first-order chi connectivity index (χ1) is 11.0. The minimum Gasteiger partial charge on any atom is -0.481 e. The Labute approximate surface area is 134 Å². The third-order valence-electron chi connectivity index (χ3n) is 4.22. The molecule has 1 N–H and O–H groups in total. The number of benzene rings is 1. The van der Waals surface area contributed by atoms with E-state index in [4.69, 9.17) is 0 Å². The third kappa shape index (κ3) is 3.67. The number of carbonyl (C=O) groups excluding carboxylic acids is 1. The van der Waals surface area contributed by atoms with Crippen molar-refractivity contribution in [3.05, 3.63) is 39.9 Å². The maximum Gasteiger partial charge on any atom is 0.308 e. The van der Waals surface area contributed by atoms with Crippen LogP contribution in [0.4, 0.5) is 5.69 Å². The van der Waals surface area contributed by atoms with Crippen LogP contribution >= 0.6 is 0 Å². The first-order valence-corrected chi connectivity index (χ1v) is 7.72. The molecule has 0 spiro atoms. The van der Waals surface area contributed by atoms with Gasteiger partial charge in [0, 0.05) is 25.1 Å². The van der Waals surface area contributed by atoms with Gasteiger partial charge >= 0.3 is 5.97 Å². The van der Waals surface area contributed by atoms with E-state index in [0.717, 1.165) is 12.8 Å². The van der Waals surface area contributed by atoms with Gasteiger partial charge in [-0.2, -0.15) is 0 Å². The minimum absolute atomic E-state index is 0.0529. The highest BCUT2D eigenvalue weighted by atomic mass is 16.6. The summed E-state index contributed by atoms with van der Waals surface area (Å²) in [5, 5.41) is 20.3. The van der Waals surface area contributed by atoms with Crippen molar-refractivity contribution in [3.8, 4) is 0 Å². The summed E-state index contributed by atoms with van der Waals surface area (Å²) in [7, 11) is 0. The predicted octanol–water partition coefficient (Wildman–Crippen LogP) is 2.76. The lowest BCUT2D eigenvalue weighted by molar-refractivity contribution is -0.384. The summed E-state index contributed by atoms with van der Waals surface area (Å²) in [5.74, 6) is -1.69. The Morgan fingerprint density at radius 1 is 1.39 bits per heavy atom. The smallest absolute Gasteiger partial charge is 0.308 e. The molecule has 7 heteroatoms. The number of carboxylic acid groups (broad SMARTS) is 1. The number of piperidine rings is 1. The molecule has 124 valence electrons. The molecule has 1 aliphatic rings. The van der Waals surface area contributed by atoms with Crippen molar-refractivity contribution in [2.75, 3.05) is 6.54 Å². The molecule has 1 aromatic carbocycles. The van der Waals surface area contributed by atoms with Gasteiger partial charge in [-0.1, -0.05) is 25.5 Å². The van der Waals surface area contributed by atoms with Gasteiger partial charge in [0.25, 0.3) is 5.69 Å². The predicted molar refractivity (Wildman–Crippen MR) is 82.8 cm³/mol. The molecule has 0 radical (unpaired) electrons. The van der Waals surface area contributed by atoms with Crippen LogP contribution in [-0.2, 0) is 9.59 Å². The van der Waals surface area contributed by atoms with Crippen molar-refractivity contribution in [2.24, 2.45) is 5.92 Å². The molecule has 0 unspecified atom stereocenters. The Morgan fingerprint density at radius 2 is 2.04 bits per heavy atom. The van der Waals surface area contributed by atoms with Crippen LogP contribution in [0, 0.1) is 16.0 Å². The molecule has 0 bridgehead atoms. The van der Waals surface area contributed by atoms with Gasteiger partial charge in [-0.25, -0.2) is 0 Å². The van der Waals surface area contributed by atoms with Crippen molar-refractivity contribution in [1.82, 2.24) is 4.90 Å². The average molecular weight is 320 g/mol. The molecule has 1 amide bonds. The van der Waals surface area contributed by atoms with Crippen LogP contribution in [0.15, 0.2) is 24.3 Å². The van der Waals surface area contributed by atoms with Crippen LogP contribution in [0.1, 0.15) is 44.2 Å². The molecule has 23 heavy (non-hydrogen) atoms. The van der Waals surface area contributed by atoms with Crippen molar-refractivity contribution >= 4 is 17.6 Å². The molecule has 2 rings (SSSR count). The van der Waals surface area contributed by atoms with E-state index in [9.17, 15) is 24.8 Å². The highest BCUT2D eigenvalue weighted by Gasteiger charge is 2.40. The maximum atomic E-state index is 12.3. The number of rotatable bonds is 6.